The van der Waals surface area contributed by atoms with Crippen LogP contribution in [-0.4, -0.2) is 25.4 Å². The van der Waals surface area contributed by atoms with Gasteiger partial charge < -0.3 is 9.74 Å². The van der Waals surface area contributed by atoms with Crippen molar-refractivity contribution in [2.24, 2.45) is 0 Å². The van der Waals surface area contributed by atoms with Crippen molar-refractivity contribution in [1.29, 1.82) is 0 Å². The molecule has 31 heavy (non-hydrogen) atoms. The fourth-order valence-corrected chi connectivity index (χ4v) is 9.67. The van der Waals surface area contributed by atoms with Crippen LogP contribution in [0.1, 0.15) is 46.5 Å². The Labute approximate surface area is 188 Å². The molecule has 0 amide bonds. The van der Waals surface area contributed by atoms with Crippen molar-refractivity contribution in [2.45, 2.75) is 63.6 Å². The van der Waals surface area contributed by atoms with E-state index in [2.05, 4.69) is 91.7 Å². The molecule has 0 saturated heterocycles. The van der Waals surface area contributed by atoms with Gasteiger partial charge in [-0.2, -0.15) is 0 Å². The summed E-state index contributed by atoms with van der Waals surface area (Å²) in [5, 5.41) is 6.36. The quantitative estimate of drug-likeness (QED) is 0.533. The third kappa shape index (κ3) is 4.75. The molecule has 162 valence electrons. The summed E-state index contributed by atoms with van der Waals surface area (Å²) in [6, 6.07) is 28.4. The van der Waals surface area contributed by atoms with Gasteiger partial charge in [0.2, 0.25) is 0 Å². The van der Waals surface area contributed by atoms with Crippen LogP contribution in [0.3, 0.4) is 0 Å². The molecule has 1 heterocycles. The number of nitrogens with one attached hydrogen (secondary N) is 1. The predicted octanol–water partition coefficient (Wildman–Crippen LogP) is 5.38. The lowest BCUT2D eigenvalue weighted by Gasteiger charge is -2.46. The van der Waals surface area contributed by atoms with E-state index in [1.807, 2.05) is 24.4 Å². The summed E-state index contributed by atoms with van der Waals surface area (Å²) in [4.78, 5) is 4.43. The second kappa shape index (κ2) is 9.37. The Morgan fingerprint density at radius 1 is 0.774 bits per heavy atom. The summed E-state index contributed by atoms with van der Waals surface area (Å²) in [5.41, 5.74) is 0. The number of hydrogen-bond donors (Lipinski definition) is 1. The van der Waals surface area contributed by atoms with Crippen LogP contribution in [0.4, 0.5) is 5.82 Å². The standard InChI is InChI=1S/C27H34N2OSi/c1-27(2,3)31(24-12-6-4-7-13-24,25-14-8-5-9-15-25)30-23-19-17-22(18-20-23)29-26-16-10-11-21-28-26/h4-16,21-23H,17-20H2,1-3H3,(H,28,29)/t22-,23+. The third-order valence-electron chi connectivity index (χ3n) is 6.45. The van der Waals surface area contributed by atoms with Crippen LogP contribution >= 0.6 is 0 Å². The monoisotopic (exact) mass is 430 g/mol. The topological polar surface area (TPSA) is 34.1 Å². The Hall–Kier alpha value is -2.43. The molecule has 1 aromatic heterocycles. The van der Waals surface area contributed by atoms with Crippen molar-refractivity contribution in [2.75, 3.05) is 5.32 Å². The maximum atomic E-state index is 7.31. The summed E-state index contributed by atoms with van der Waals surface area (Å²) in [6.45, 7) is 7.06. The van der Waals surface area contributed by atoms with Crippen LogP contribution in [-0.2, 0) is 4.43 Å². The Kier molecular flexibility index (Phi) is 6.59. The van der Waals surface area contributed by atoms with Crippen molar-refractivity contribution < 1.29 is 4.43 Å². The van der Waals surface area contributed by atoms with Crippen molar-refractivity contribution in [3.05, 3.63) is 85.1 Å². The summed E-state index contributed by atoms with van der Waals surface area (Å²) in [7, 11) is -2.47. The first-order valence-corrected chi connectivity index (χ1v) is 13.4. The molecule has 1 N–H and O–H groups in total. The van der Waals surface area contributed by atoms with Gasteiger partial charge in [0, 0.05) is 18.3 Å². The van der Waals surface area contributed by atoms with E-state index < -0.39 is 8.32 Å². The molecule has 1 fully saturated rings. The molecule has 3 aromatic rings. The molecule has 0 spiro atoms. The van der Waals surface area contributed by atoms with Gasteiger partial charge in [0.15, 0.2) is 0 Å². The second-order valence-electron chi connectivity index (χ2n) is 9.61. The minimum atomic E-state index is -2.47. The van der Waals surface area contributed by atoms with E-state index in [0.717, 1.165) is 31.5 Å². The van der Waals surface area contributed by atoms with Gasteiger partial charge in [0.25, 0.3) is 8.32 Å². The van der Waals surface area contributed by atoms with Gasteiger partial charge in [-0.05, 0) is 53.2 Å². The molecule has 3 nitrogen and oxygen atoms in total. The molecule has 0 aliphatic heterocycles. The highest BCUT2D eigenvalue weighted by atomic mass is 28.4. The van der Waals surface area contributed by atoms with Crippen molar-refractivity contribution >= 4 is 24.5 Å². The first-order valence-electron chi connectivity index (χ1n) is 11.5. The first-order chi connectivity index (χ1) is 15.0. The smallest absolute Gasteiger partial charge is 0.261 e. The molecule has 4 rings (SSSR count). The molecule has 0 radical (unpaired) electrons. The van der Waals surface area contributed by atoms with Gasteiger partial charge in [0.05, 0.1) is 0 Å². The highest BCUT2D eigenvalue weighted by Crippen LogP contribution is 2.39. The van der Waals surface area contributed by atoms with Gasteiger partial charge >= 0.3 is 0 Å². The number of nitrogens with zero attached hydrogens (tertiary/aromatic N) is 1. The zero-order chi connectivity index (χ0) is 21.7. The summed E-state index contributed by atoms with van der Waals surface area (Å²) in [6.07, 6.45) is 6.51. The van der Waals surface area contributed by atoms with Gasteiger partial charge in [-0.25, -0.2) is 4.98 Å². The summed E-state index contributed by atoms with van der Waals surface area (Å²) in [5.74, 6) is 0.971. The number of pyridine rings is 1. The van der Waals surface area contributed by atoms with E-state index in [0.29, 0.717) is 6.04 Å². The van der Waals surface area contributed by atoms with Gasteiger partial charge in [-0.15, -0.1) is 0 Å². The van der Waals surface area contributed by atoms with E-state index in [-0.39, 0.29) is 11.1 Å². The Morgan fingerprint density at radius 3 is 1.81 bits per heavy atom. The minimum absolute atomic E-state index is 0.0266. The fraction of sp³-hybridized carbons (Fsp3) is 0.370. The van der Waals surface area contributed by atoms with Crippen LogP contribution < -0.4 is 15.7 Å². The largest absolute Gasteiger partial charge is 0.404 e. The number of anilines is 1. The molecule has 1 saturated carbocycles. The van der Waals surface area contributed by atoms with Crippen LogP contribution in [0, 0.1) is 0 Å². The van der Waals surface area contributed by atoms with E-state index in [9.17, 15) is 0 Å². The van der Waals surface area contributed by atoms with Crippen molar-refractivity contribution in [1.82, 2.24) is 4.98 Å². The Balaban J connectivity index is 1.58. The maximum absolute atomic E-state index is 7.31. The van der Waals surface area contributed by atoms with Gasteiger partial charge in [-0.1, -0.05) is 87.5 Å². The van der Waals surface area contributed by atoms with Crippen LogP contribution in [0.25, 0.3) is 0 Å². The molecule has 2 aromatic carbocycles. The lowest BCUT2D eigenvalue weighted by Crippen LogP contribution is -2.67. The SMILES string of the molecule is CC(C)(C)[Si](O[C@H]1CC[C@@H](Nc2ccccn2)CC1)(c1ccccc1)c1ccccc1. The molecule has 1 aliphatic carbocycles. The van der Waals surface area contributed by atoms with E-state index in [4.69, 9.17) is 4.43 Å². The van der Waals surface area contributed by atoms with Crippen LogP contribution in [0.15, 0.2) is 85.1 Å². The number of rotatable bonds is 6. The average Bonchev–Trinajstić information content (AvgIpc) is 2.80. The molecule has 0 unspecified atom stereocenters. The van der Waals surface area contributed by atoms with Crippen LogP contribution in [0.5, 0.6) is 0 Å². The molecule has 0 atom stereocenters. The lowest BCUT2D eigenvalue weighted by atomic mass is 9.93. The van der Waals surface area contributed by atoms with Gasteiger partial charge in [0.1, 0.15) is 5.82 Å². The minimum Gasteiger partial charge on any atom is -0.404 e. The number of hydrogen-bond acceptors (Lipinski definition) is 3. The Morgan fingerprint density at radius 2 is 1.32 bits per heavy atom. The molecular formula is C27H34N2OSi. The highest BCUT2D eigenvalue weighted by molar-refractivity contribution is 6.99. The fourth-order valence-electron chi connectivity index (χ4n) is 4.92. The lowest BCUT2D eigenvalue weighted by molar-refractivity contribution is 0.138. The predicted molar refractivity (Wildman–Crippen MR) is 133 cm³/mol. The summed E-state index contributed by atoms with van der Waals surface area (Å²) >= 11 is 0. The molecule has 1 aliphatic rings. The maximum Gasteiger partial charge on any atom is 0.261 e. The van der Waals surface area contributed by atoms with E-state index >= 15 is 0 Å². The zero-order valence-electron chi connectivity index (χ0n) is 18.9. The second-order valence-corrected chi connectivity index (χ2v) is 13.9. The third-order valence-corrected chi connectivity index (χ3v) is 11.5. The van der Waals surface area contributed by atoms with E-state index in [1.54, 1.807) is 0 Å². The van der Waals surface area contributed by atoms with Crippen molar-refractivity contribution in [3.8, 4) is 0 Å². The normalized spacial score (nSPS) is 19.7. The first kappa shape index (κ1) is 21.8. The van der Waals surface area contributed by atoms with E-state index in [1.165, 1.54) is 10.4 Å². The van der Waals surface area contributed by atoms with Crippen LogP contribution in [0.2, 0.25) is 5.04 Å². The molecular weight excluding hydrogens is 396 g/mol. The average molecular weight is 431 g/mol. The highest BCUT2D eigenvalue weighted by Gasteiger charge is 2.51. The summed E-state index contributed by atoms with van der Waals surface area (Å²) < 4.78 is 7.31. The Bertz CT molecular complexity index is 894. The molecule has 0 bridgehead atoms. The van der Waals surface area contributed by atoms with Crippen molar-refractivity contribution in [3.63, 3.8) is 0 Å². The number of benzene rings is 2. The molecule has 4 heteroatoms. The zero-order valence-corrected chi connectivity index (χ0v) is 19.9. The van der Waals surface area contributed by atoms with Gasteiger partial charge in [-0.3, -0.25) is 0 Å². The number of aromatic nitrogens is 1.